The lowest BCUT2D eigenvalue weighted by molar-refractivity contribution is 0.143. The first kappa shape index (κ1) is 21.0. The highest BCUT2D eigenvalue weighted by Crippen LogP contribution is 2.14. The van der Waals surface area contributed by atoms with Gasteiger partial charge in [-0.15, -0.1) is 0 Å². The van der Waals surface area contributed by atoms with Crippen molar-refractivity contribution in [3.8, 4) is 0 Å². The molecule has 0 saturated carbocycles. The van der Waals surface area contributed by atoms with Gasteiger partial charge in [0.2, 0.25) is 0 Å². The minimum Gasteiger partial charge on any atom is -0.487 e. The second-order valence-corrected chi connectivity index (χ2v) is 5.72. The van der Waals surface area contributed by atoms with Gasteiger partial charge in [0.05, 0.1) is 5.76 Å². The predicted molar refractivity (Wildman–Crippen MR) is 97.1 cm³/mol. The molecule has 128 valence electrons. The van der Waals surface area contributed by atoms with Crippen molar-refractivity contribution in [3.05, 3.63) is 37.6 Å². The summed E-state index contributed by atoms with van der Waals surface area (Å²) >= 11 is 0. The number of allylic oxidation sites excluding steroid dienone is 1. The molecular weight excluding hydrogens is 272 g/mol. The normalized spacial score (nSPS) is 10.6. The van der Waals surface area contributed by atoms with Gasteiger partial charge in [-0.05, 0) is 31.9 Å². The average Bonchev–Trinajstić information content (AvgIpc) is 2.53. The molecule has 0 saturated heterocycles. The van der Waals surface area contributed by atoms with Crippen molar-refractivity contribution < 1.29 is 9.47 Å². The lowest BCUT2D eigenvalue weighted by Gasteiger charge is -2.13. The standard InChI is InChI=1S/C20H36O2/c1-5-20(6-2)22-19(4)17-15-13-11-9-8-10-12-14-16-18-21-7-3/h5-6,20H,1-2,4,7-18H2,3H3. The van der Waals surface area contributed by atoms with Gasteiger partial charge in [0.1, 0.15) is 6.10 Å². The van der Waals surface area contributed by atoms with Crippen LogP contribution in [0.4, 0.5) is 0 Å². The monoisotopic (exact) mass is 308 g/mol. The highest BCUT2D eigenvalue weighted by molar-refractivity contribution is 4.98. The molecule has 0 atom stereocenters. The molecule has 0 heterocycles. The Hall–Kier alpha value is -1.02. The topological polar surface area (TPSA) is 18.5 Å². The van der Waals surface area contributed by atoms with E-state index in [1.165, 1.54) is 51.4 Å². The SMILES string of the molecule is C=CC(C=C)OC(=C)CCCCCCCCCCCOCC. The molecule has 0 N–H and O–H groups in total. The Bertz CT molecular complexity index is 275. The lowest BCUT2D eigenvalue weighted by Crippen LogP contribution is -2.04. The van der Waals surface area contributed by atoms with Crippen LogP contribution < -0.4 is 0 Å². The van der Waals surface area contributed by atoms with Crippen LogP contribution in [0.1, 0.15) is 71.1 Å². The lowest BCUT2D eigenvalue weighted by atomic mass is 10.1. The van der Waals surface area contributed by atoms with Crippen LogP contribution in [0.25, 0.3) is 0 Å². The largest absolute Gasteiger partial charge is 0.487 e. The summed E-state index contributed by atoms with van der Waals surface area (Å²) in [4.78, 5) is 0. The first-order valence-corrected chi connectivity index (χ1v) is 8.91. The summed E-state index contributed by atoms with van der Waals surface area (Å²) in [7, 11) is 0. The molecule has 0 amide bonds. The van der Waals surface area contributed by atoms with Gasteiger partial charge in [-0.3, -0.25) is 0 Å². The van der Waals surface area contributed by atoms with Crippen molar-refractivity contribution in [2.45, 2.75) is 77.2 Å². The molecule has 22 heavy (non-hydrogen) atoms. The molecule has 0 bridgehead atoms. The summed E-state index contributed by atoms with van der Waals surface area (Å²) in [6, 6.07) is 0. The molecule has 0 spiro atoms. The Morgan fingerprint density at radius 1 is 0.864 bits per heavy atom. The van der Waals surface area contributed by atoms with Gasteiger partial charge >= 0.3 is 0 Å². The number of ether oxygens (including phenoxy) is 2. The van der Waals surface area contributed by atoms with Crippen LogP contribution in [0.3, 0.4) is 0 Å². The van der Waals surface area contributed by atoms with Gasteiger partial charge in [0, 0.05) is 19.6 Å². The Balaban J connectivity index is 3.24. The summed E-state index contributed by atoms with van der Waals surface area (Å²) in [6.45, 7) is 15.2. The molecule has 0 fully saturated rings. The highest BCUT2D eigenvalue weighted by atomic mass is 16.5. The minimum absolute atomic E-state index is 0.102. The molecule has 0 rings (SSSR count). The Morgan fingerprint density at radius 3 is 1.86 bits per heavy atom. The summed E-state index contributed by atoms with van der Waals surface area (Å²) in [5, 5.41) is 0. The third kappa shape index (κ3) is 13.9. The van der Waals surface area contributed by atoms with E-state index >= 15 is 0 Å². The third-order valence-electron chi connectivity index (χ3n) is 3.72. The fourth-order valence-electron chi connectivity index (χ4n) is 2.35. The van der Waals surface area contributed by atoms with Crippen molar-refractivity contribution in [3.63, 3.8) is 0 Å². The zero-order valence-electron chi connectivity index (χ0n) is 14.7. The van der Waals surface area contributed by atoms with E-state index in [1.807, 2.05) is 0 Å². The maximum Gasteiger partial charge on any atom is 0.134 e. The zero-order valence-corrected chi connectivity index (χ0v) is 14.7. The molecular formula is C20H36O2. The molecule has 0 aliphatic carbocycles. The van der Waals surface area contributed by atoms with Crippen molar-refractivity contribution in [1.82, 2.24) is 0 Å². The average molecular weight is 309 g/mol. The van der Waals surface area contributed by atoms with Crippen LogP contribution in [-0.4, -0.2) is 19.3 Å². The van der Waals surface area contributed by atoms with E-state index in [4.69, 9.17) is 9.47 Å². The predicted octanol–water partition coefficient (Wildman–Crippen LogP) is 6.19. The van der Waals surface area contributed by atoms with Crippen LogP contribution in [0.2, 0.25) is 0 Å². The smallest absolute Gasteiger partial charge is 0.134 e. The number of rotatable bonds is 17. The molecule has 0 radical (unpaired) electrons. The minimum atomic E-state index is -0.102. The maximum absolute atomic E-state index is 5.61. The van der Waals surface area contributed by atoms with Gasteiger partial charge < -0.3 is 9.47 Å². The molecule has 2 heteroatoms. The Kier molecular flexibility index (Phi) is 15.6. The van der Waals surface area contributed by atoms with Crippen molar-refractivity contribution >= 4 is 0 Å². The third-order valence-corrected chi connectivity index (χ3v) is 3.72. The van der Waals surface area contributed by atoms with Crippen LogP contribution in [0.15, 0.2) is 37.6 Å². The van der Waals surface area contributed by atoms with Gasteiger partial charge in [0.15, 0.2) is 0 Å². The second-order valence-electron chi connectivity index (χ2n) is 5.72. The van der Waals surface area contributed by atoms with Crippen LogP contribution in [-0.2, 0) is 9.47 Å². The first-order chi connectivity index (χ1) is 10.7. The molecule has 0 aromatic rings. The van der Waals surface area contributed by atoms with Gasteiger partial charge in [0.25, 0.3) is 0 Å². The summed E-state index contributed by atoms with van der Waals surface area (Å²) < 4.78 is 10.9. The quantitative estimate of drug-likeness (QED) is 0.181. The van der Waals surface area contributed by atoms with Gasteiger partial charge in [-0.25, -0.2) is 0 Å². The van der Waals surface area contributed by atoms with Gasteiger partial charge in [-0.1, -0.05) is 64.7 Å². The highest BCUT2D eigenvalue weighted by Gasteiger charge is 2.01. The summed E-state index contributed by atoms with van der Waals surface area (Å²) in [6.07, 6.45) is 16.0. The maximum atomic E-state index is 5.61. The first-order valence-electron chi connectivity index (χ1n) is 8.91. The molecule has 0 aromatic heterocycles. The van der Waals surface area contributed by atoms with Gasteiger partial charge in [-0.2, -0.15) is 0 Å². The van der Waals surface area contributed by atoms with E-state index in [-0.39, 0.29) is 6.10 Å². The summed E-state index contributed by atoms with van der Waals surface area (Å²) in [5.74, 6) is 0.846. The number of hydrogen-bond acceptors (Lipinski definition) is 2. The van der Waals surface area contributed by atoms with Crippen molar-refractivity contribution in [1.29, 1.82) is 0 Å². The van der Waals surface area contributed by atoms with E-state index in [0.29, 0.717) is 0 Å². The van der Waals surface area contributed by atoms with E-state index < -0.39 is 0 Å². The second kappa shape index (κ2) is 16.4. The van der Waals surface area contributed by atoms with Crippen LogP contribution >= 0.6 is 0 Å². The molecule has 2 nitrogen and oxygen atoms in total. The fraction of sp³-hybridized carbons (Fsp3) is 0.700. The Morgan fingerprint density at radius 2 is 1.36 bits per heavy atom. The van der Waals surface area contributed by atoms with E-state index in [0.717, 1.165) is 31.8 Å². The molecule has 0 aliphatic heterocycles. The van der Waals surface area contributed by atoms with E-state index in [9.17, 15) is 0 Å². The zero-order chi connectivity index (χ0) is 16.5. The van der Waals surface area contributed by atoms with Crippen LogP contribution in [0, 0.1) is 0 Å². The Labute approximate surface area is 138 Å². The fourth-order valence-corrected chi connectivity index (χ4v) is 2.35. The van der Waals surface area contributed by atoms with Crippen molar-refractivity contribution in [2.75, 3.05) is 13.2 Å². The molecule has 0 unspecified atom stereocenters. The molecule has 0 aliphatic rings. The van der Waals surface area contributed by atoms with E-state index in [2.05, 4.69) is 26.7 Å². The molecule has 0 aromatic carbocycles. The number of hydrogen-bond donors (Lipinski definition) is 0. The van der Waals surface area contributed by atoms with Crippen LogP contribution in [0.5, 0.6) is 0 Å². The number of unbranched alkanes of at least 4 members (excludes halogenated alkanes) is 8. The van der Waals surface area contributed by atoms with E-state index in [1.54, 1.807) is 12.2 Å². The summed E-state index contributed by atoms with van der Waals surface area (Å²) in [5.41, 5.74) is 0. The van der Waals surface area contributed by atoms with Crippen molar-refractivity contribution in [2.24, 2.45) is 0 Å².